The number of hydrogen-bond acceptors (Lipinski definition) is 8. The van der Waals surface area contributed by atoms with E-state index in [4.69, 9.17) is 10.1 Å². The van der Waals surface area contributed by atoms with E-state index in [0.717, 1.165) is 17.6 Å². The highest BCUT2D eigenvalue weighted by Gasteiger charge is 2.34. The minimum Gasteiger partial charge on any atom is -0.485 e. The van der Waals surface area contributed by atoms with Crippen molar-refractivity contribution in [1.29, 1.82) is 5.41 Å². The molecule has 176 valence electrons. The maximum absolute atomic E-state index is 13.4. The third-order valence-corrected chi connectivity index (χ3v) is 5.24. The first-order valence-electron chi connectivity index (χ1n) is 10.6. The summed E-state index contributed by atoms with van der Waals surface area (Å²) in [4.78, 5) is 26.9. The van der Waals surface area contributed by atoms with Gasteiger partial charge in [0.05, 0.1) is 30.3 Å². The van der Waals surface area contributed by atoms with E-state index < -0.39 is 11.8 Å². The van der Waals surface area contributed by atoms with Gasteiger partial charge < -0.3 is 25.7 Å². The molecule has 11 heteroatoms. The normalized spacial score (nSPS) is 17.7. The number of anilines is 3. The minimum atomic E-state index is -0.490. The molecule has 0 spiro atoms. The third-order valence-electron chi connectivity index (χ3n) is 5.24. The number of aromatic nitrogens is 3. The Labute approximate surface area is 196 Å². The van der Waals surface area contributed by atoms with Crippen molar-refractivity contribution in [3.05, 3.63) is 66.1 Å². The Kier molecular flexibility index (Phi) is 6.93. The number of ether oxygens (including phenoxy) is 1. The van der Waals surface area contributed by atoms with Crippen molar-refractivity contribution in [1.82, 2.24) is 25.2 Å². The van der Waals surface area contributed by atoms with Crippen LogP contribution >= 0.6 is 0 Å². The van der Waals surface area contributed by atoms with E-state index in [2.05, 4.69) is 30.9 Å². The number of hydrogen-bond donors (Lipinski definition) is 4. The van der Waals surface area contributed by atoms with E-state index >= 15 is 0 Å². The monoisotopic (exact) mass is 464 g/mol. The van der Waals surface area contributed by atoms with Crippen molar-refractivity contribution in [2.24, 2.45) is 0 Å². The number of nitrogens with zero attached hydrogens (tertiary/aromatic N) is 4. The highest BCUT2D eigenvalue weighted by atomic mass is 19.1. The summed E-state index contributed by atoms with van der Waals surface area (Å²) in [6.45, 7) is 3.01. The van der Waals surface area contributed by atoms with Gasteiger partial charge in [0.15, 0.2) is 0 Å². The molecule has 10 nitrogen and oxygen atoms in total. The fourth-order valence-corrected chi connectivity index (χ4v) is 3.71. The van der Waals surface area contributed by atoms with Crippen molar-refractivity contribution in [2.45, 2.75) is 19.1 Å². The maximum Gasteiger partial charge on any atom is 0.320 e. The SMILES string of the molecule is Cc1cc(Nc2cnc(NC(=O)N[C@H]3CN(C)C[C@@H]3Oc3cncc(F)c3)cc2C=N)ccn1. The smallest absolute Gasteiger partial charge is 0.320 e. The Balaban J connectivity index is 1.40. The van der Waals surface area contributed by atoms with Crippen LogP contribution in [0.3, 0.4) is 0 Å². The summed E-state index contributed by atoms with van der Waals surface area (Å²) in [6, 6.07) is 5.78. The number of likely N-dealkylation sites (tertiary alicyclic amines) is 1. The van der Waals surface area contributed by atoms with Crippen LogP contribution in [-0.2, 0) is 0 Å². The summed E-state index contributed by atoms with van der Waals surface area (Å²) < 4.78 is 19.3. The zero-order chi connectivity index (χ0) is 24.1. The first kappa shape index (κ1) is 23.1. The predicted octanol–water partition coefficient (Wildman–Crippen LogP) is 2.94. The van der Waals surface area contributed by atoms with Gasteiger partial charge in [-0.1, -0.05) is 0 Å². The number of urea groups is 1. The van der Waals surface area contributed by atoms with Gasteiger partial charge in [0.1, 0.15) is 23.5 Å². The predicted molar refractivity (Wildman–Crippen MR) is 126 cm³/mol. The molecule has 0 radical (unpaired) electrons. The van der Waals surface area contributed by atoms with Gasteiger partial charge in [-0.25, -0.2) is 14.2 Å². The van der Waals surface area contributed by atoms with Crippen LogP contribution in [0, 0.1) is 18.2 Å². The third kappa shape index (κ3) is 5.81. The van der Waals surface area contributed by atoms with Crippen molar-refractivity contribution >= 4 is 29.4 Å². The van der Waals surface area contributed by atoms with Crippen molar-refractivity contribution in [3.8, 4) is 5.75 Å². The standard InChI is InChI=1S/C23H25FN8O2/c1-14-5-17(3-4-27-14)29-19-11-28-22(6-15(19)8-25)31-23(33)30-20-12-32(2)13-21(20)34-18-7-16(24)9-26-10-18/h3-11,20-21,25H,12-13H2,1-2H3,(H,27,29)(H2,28,30,31,33)/t20-,21-/m0/s1. The van der Waals surface area contributed by atoms with E-state index in [9.17, 15) is 9.18 Å². The highest BCUT2D eigenvalue weighted by molar-refractivity contribution is 5.92. The van der Waals surface area contributed by atoms with Crippen LogP contribution in [-0.4, -0.2) is 64.4 Å². The zero-order valence-electron chi connectivity index (χ0n) is 18.7. The Morgan fingerprint density at radius 2 is 2.09 bits per heavy atom. The fraction of sp³-hybridized carbons (Fsp3) is 0.261. The van der Waals surface area contributed by atoms with Crippen molar-refractivity contribution in [2.75, 3.05) is 30.8 Å². The molecule has 0 saturated carbocycles. The second kappa shape index (κ2) is 10.2. The molecule has 0 aromatic carbocycles. The van der Waals surface area contributed by atoms with E-state index in [1.54, 1.807) is 18.5 Å². The van der Waals surface area contributed by atoms with Crippen LogP contribution in [0.2, 0.25) is 0 Å². The Morgan fingerprint density at radius 3 is 2.85 bits per heavy atom. The van der Waals surface area contributed by atoms with Gasteiger partial charge in [-0.15, -0.1) is 0 Å². The summed E-state index contributed by atoms with van der Waals surface area (Å²) >= 11 is 0. The van der Waals surface area contributed by atoms with Gasteiger partial charge in [0, 0.05) is 48.5 Å². The lowest BCUT2D eigenvalue weighted by Crippen LogP contribution is -2.47. The van der Waals surface area contributed by atoms with Crippen molar-refractivity contribution < 1.29 is 13.9 Å². The van der Waals surface area contributed by atoms with Crippen LogP contribution in [0.15, 0.2) is 49.1 Å². The molecule has 4 heterocycles. The summed E-state index contributed by atoms with van der Waals surface area (Å²) in [5.74, 6) is 0.110. The summed E-state index contributed by atoms with van der Waals surface area (Å²) in [5, 5.41) is 16.5. The van der Waals surface area contributed by atoms with Crippen LogP contribution < -0.4 is 20.7 Å². The number of carbonyl (C=O) groups excluding carboxylic acids is 1. The molecular formula is C23H25FN8O2. The number of nitrogens with one attached hydrogen (secondary N) is 4. The van der Waals surface area contributed by atoms with Gasteiger partial charge >= 0.3 is 6.03 Å². The number of rotatable bonds is 7. The van der Waals surface area contributed by atoms with Gasteiger partial charge in [-0.3, -0.25) is 15.3 Å². The Hall–Kier alpha value is -4.12. The summed E-state index contributed by atoms with van der Waals surface area (Å²) in [7, 11) is 1.91. The van der Waals surface area contributed by atoms with E-state index in [0.29, 0.717) is 35.9 Å². The van der Waals surface area contributed by atoms with Gasteiger partial charge in [-0.05, 0) is 32.2 Å². The largest absolute Gasteiger partial charge is 0.485 e. The molecule has 3 aromatic rings. The van der Waals surface area contributed by atoms with Gasteiger partial charge in [-0.2, -0.15) is 0 Å². The molecule has 0 bridgehead atoms. The van der Waals surface area contributed by atoms with Crippen LogP contribution in [0.5, 0.6) is 5.75 Å². The summed E-state index contributed by atoms with van der Waals surface area (Å²) in [5.41, 5.74) is 2.86. The molecule has 2 atom stereocenters. The molecule has 1 aliphatic rings. The summed E-state index contributed by atoms with van der Waals surface area (Å²) in [6.07, 6.45) is 6.59. The second-order valence-electron chi connectivity index (χ2n) is 8.03. The minimum absolute atomic E-state index is 0.297. The topological polar surface area (TPSA) is 128 Å². The van der Waals surface area contributed by atoms with Crippen LogP contribution in [0.1, 0.15) is 11.3 Å². The van der Waals surface area contributed by atoms with Gasteiger partial charge in [0.25, 0.3) is 0 Å². The molecule has 1 aliphatic heterocycles. The Bertz CT molecular complexity index is 1190. The molecular weight excluding hydrogens is 439 g/mol. The van der Waals surface area contributed by atoms with E-state index in [1.807, 2.05) is 31.0 Å². The molecule has 1 saturated heterocycles. The number of halogens is 1. The quantitative estimate of drug-likeness (QED) is 0.396. The lowest BCUT2D eigenvalue weighted by atomic mass is 10.2. The number of amides is 2. The van der Waals surface area contributed by atoms with Crippen molar-refractivity contribution in [3.63, 3.8) is 0 Å². The number of likely N-dealkylation sites (N-methyl/N-ethyl adjacent to an activating group) is 1. The maximum atomic E-state index is 13.4. The Morgan fingerprint density at radius 1 is 1.24 bits per heavy atom. The van der Waals surface area contributed by atoms with Crippen LogP contribution in [0.4, 0.5) is 26.4 Å². The molecule has 3 aromatic heterocycles. The first-order valence-corrected chi connectivity index (χ1v) is 10.6. The van der Waals surface area contributed by atoms with Gasteiger partial charge in [0.2, 0.25) is 0 Å². The van der Waals surface area contributed by atoms with E-state index in [-0.39, 0.29) is 12.1 Å². The molecule has 0 aliphatic carbocycles. The molecule has 2 amide bonds. The molecule has 1 fully saturated rings. The van der Waals surface area contributed by atoms with Crippen LogP contribution in [0.25, 0.3) is 0 Å². The number of pyridine rings is 3. The average Bonchev–Trinajstić information content (AvgIpc) is 3.13. The lowest BCUT2D eigenvalue weighted by molar-refractivity contribution is 0.181. The molecule has 4 rings (SSSR count). The molecule has 0 unspecified atom stereocenters. The molecule has 4 N–H and O–H groups in total. The zero-order valence-corrected chi connectivity index (χ0v) is 18.7. The lowest BCUT2D eigenvalue weighted by Gasteiger charge is -2.21. The average molecular weight is 465 g/mol. The highest BCUT2D eigenvalue weighted by Crippen LogP contribution is 2.22. The van der Waals surface area contributed by atoms with E-state index in [1.165, 1.54) is 18.5 Å². The molecule has 34 heavy (non-hydrogen) atoms. The number of aryl methyl sites for hydroxylation is 1. The second-order valence-corrected chi connectivity index (χ2v) is 8.03. The fourth-order valence-electron chi connectivity index (χ4n) is 3.71. The number of carbonyl (C=O) groups is 1. The first-order chi connectivity index (χ1) is 16.4.